The van der Waals surface area contributed by atoms with Crippen LogP contribution in [0.2, 0.25) is 5.15 Å². The number of carbonyl (C=O) groups is 1. The first-order valence-corrected chi connectivity index (χ1v) is 9.30. The minimum absolute atomic E-state index is 0.0453. The fourth-order valence-electron chi connectivity index (χ4n) is 3.58. The van der Waals surface area contributed by atoms with Crippen LogP contribution in [0.25, 0.3) is 10.9 Å². The first-order valence-electron chi connectivity index (χ1n) is 8.92. The van der Waals surface area contributed by atoms with Crippen molar-refractivity contribution in [1.29, 1.82) is 0 Å². The van der Waals surface area contributed by atoms with Gasteiger partial charge in [0.15, 0.2) is 0 Å². The molecule has 2 heterocycles. The van der Waals surface area contributed by atoms with E-state index in [1.54, 1.807) is 12.3 Å². The molecule has 0 spiro atoms. The Hall–Kier alpha value is -2.46. The summed E-state index contributed by atoms with van der Waals surface area (Å²) in [5.74, 6) is -0.0453. The summed E-state index contributed by atoms with van der Waals surface area (Å²) in [4.78, 5) is 22.0. The van der Waals surface area contributed by atoms with Gasteiger partial charge in [0.05, 0.1) is 11.1 Å². The van der Waals surface area contributed by atoms with Gasteiger partial charge in [0.2, 0.25) is 0 Å². The van der Waals surface area contributed by atoms with Crippen molar-refractivity contribution < 1.29 is 4.79 Å². The molecular formula is C21H20ClN3O. The van der Waals surface area contributed by atoms with Crippen molar-refractivity contribution in [2.75, 3.05) is 0 Å². The third kappa shape index (κ3) is 3.29. The first kappa shape index (κ1) is 17.0. The largest absolute Gasteiger partial charge is 0.348 e. The van der Waals surface area contributed by atoms with Crippen molar-refractivity contribution in [2.24, 2.45) is 0 Å². The number of aryl methyl sites for hydroxylation is 2. The van der Waals surface area contributed by atoms with Crippen LogP contribution in [0.1, 0.15) is 45.6 Å². The molecule has 1 aromatic carbocycles. The highest BCUT2D eigenvalue weighted by atomic mass is 35.5. The van der Waals surface area contributed by atoms with Gasteiger partial charge in [-0.1, -0.05) is 29.3 Å². The molecule has 2 aromatic heterocycles. The molecule has 132 valence electrons. The number of halogens is 1. The van der Waals surface area contributed by atoms with Crippen LogP contribution in [0.5, 0.6) is 0 Å². The number of nitrogens with one attached hydrogen (secondary N) is 1. The smallest absolute Gasteiger partial charge is 0.252 e. The SMILES string of the molecule is Cc1ccc2nc3c(c(C(=O)NCc4ccc(Cl)nc4)c2c1)CCCC3. The van der Waals surface area contributed by atoms with Crippen molar-refractivity contribution in [2.45, 2.75) is 39.2 Å². The first-order chi connectivity index (χ1) is 12.6. The van der Waals surface area contributed by atoms with E-state index in [0.717, 1.165) is 64.5 Å². The van der Waals surface area contributed by atoms with Crippen LogP contribution in [0.4, 0.5) is 0 Å². The number of pyridine rings is 2. The highest BCUT2D eigenvalue weighted by Crippen LogP contribution is 2.30. The Balaban J connectivity index is 1.72. The Bertz CT molecular complexity index is 983. The summed E-state index contributed by atoms with van der Waals surface area (Å²) in [7, 11) is 0. The normalized spacial score (nSPS) is 13.5. The van der Waals surface area contributed by atoms with Gasteiger partial charge in [0, 0.05) is 23.8 Å². The highest BCUT2D eigenvalue weighted by molar-refractivity contribution is 6.29. The Morgan fingerprint density at radius 3 is 2.85 bits per heavy atom. The van der Waals surface area contributed by atoms with Crippen LogP contribution in [0.3, 0.4) is 0 Å². The molecule has 0 unspecified atom stereocenters. The van der Waals surface area contributed by atoms with E-state index in [2.05, 4.69) is 16.4 Å². The molecule has 1 amide bonds. The second kappa shape index (κ2) is 7.04. The van der Waals surface area contributed by atoms with Gasteiger partial charge < -0.3 is 5.32 Å². The molecule has 0 saturated heterocycles. The van der Waals surface area contributed by atoms with Crippen LogP contribution in [-0.4, -0.2) is 15.9 Å². The summed E-state index contributed by atoms with van der Waals surface area (Å²) >= 11 is 5.82. The lowest BCUT2D eigenvalue weighted by Gasteiger charge is -2.20. The molecule has 4 nitrogen and oxygen atoms in total. The number of hydrogen-bond acceptors (Lipinski definition) is 3. The van der Waals surface area contributed by atoms with Crippen molar-refractivity contribution in [3.05, 3.63) is 69.6 Å². The van der Waals surface area contributed by atoms with Crippen LogP contribution in [0, 0.1) is 6.92 Å². The predicted octanol–water partition coefficient (Wildman–Crippen LogP) is 4.40. The Kier molecular flexibility index (Phi) is 4.60. The zero-order chi connectivity index (χ0) is 18.1. The zero-order valence-electron chi connectivity index (χ0n) is 14.7. The maximum atomic E-state index is 13.1. The summed E-state index contributed by atoms with van der Waals surface area (Å²) < 4.78 is 0. The third-order valence-electron chi connectivity index (χ3n) is 4.89. The standard InChI is InChI=1S/C21H20ClN3O/c1-13-6-8-18-16(10-13)20(15-4-2-3-5-17(15)25-18)21(26)24-12-14-7-9-19(22)23-11-14/h6-11H,2-5,12H2,1H3,(H,24,26). The minimum atomic E-state index is -0.0453. The van der Waals surface area contributed by atoms with E-state index in [0.29, 0.717) is 11.7 Å². The molecule has 3 aromatic rings. The number of aromatic nitrogens is 2. The number of amides is 1. The molecule has 1 N–H and O–H groups in total. The van der Waals surface area contributed by atoms with E-state index in [1.165, 1.54) is 0 Å². The molecule has 4 rings (SSSR count). The second-order valence-electron chi connectivity index (χ2n) is 6.81. The van der Waals surface area contributed by atoms with E-state index in [-0.39, 0.29) is 5.91 Å². The number of nitrogens with zero attached hydrogens (tertiary/aromatic N) is 2. The Morgan fingerprint density at radius 1 is 1.19 bits per heavy atom. The molecule has 1 aliphatic carbocycles. The minimum Gasteiger partial charge on any atom is -0.348 e. The Morgan fingerprint density at radius 2 is 2.04 bits per heavy atom. The van der Waals surface area contributed by atoms with Crippen LogP contribution >= 0.6 is 11.6 Å². The average Bonchev–Trinajstić information content (AvgIpc) is 2.65. The summed E-state index contributed by atoms with van der Waals surface area (Å²) in [6.07, 6.45) is 5.78. The van der Waals surface area contributed by atoms with Crippen LogP contribution in [0.15, 0.2) is 36.5 Å². The fraction of sp³-hybridized carbons (Fsp3) is 0.286. The van der Waals surface area contributed by atoms with E-state index in [4.69, 9.17) is 16.6 Å². The average molecular weight is 366 g/mol. The molecule has 5 heteroatoms. The van der Waals surface area contributed by atoms with E-state index >= 15 is 0 Å². The van der Waals surface area contributed by atoms with Crippen molar-refractivity contribution in [1.82, 2.24) is 15.3 Å². The fourth-order valence-corrected chi connectivity index (χ4v) is 3.69. The van der Waals surface area contributed by atoms with Gasteiger partial charge in [-0.2, -0.15) is 0 Å². The van der Waals surface area contributed by atoms with Crippen LogP contribution < -0.4 is 5.32 Å². The maximum absolute atomic E-state index is 13.1. The monoisotopic (exact) mass is 365 g/mol. The maximum Gasteiger partial charge on any atom is 0.252 e. The molecule has 0 atom stereocenters. The molecular weight excluding hydrogens is 346 g/mol. The highest BCUT2D eigenvalue weighted by Gasteiger charge is 2.22. The van der Waals surface area contributed by atoms with E-state index < -0.39 is 0 Å². The molecule has 0 fully saturated rings. The molecule has 0 bridgehead atoms. The molecule has 0 radical (unpaired) electrons. The topological polar surface area (TPSA) is 54.9 Å². The molecule has 0 aliphatic heterocycles. The molecule has 0 saturated carbocycles. The lowest BCUT2D eigenvalue weighted by molar-refractivity contribution is 0.0951. The number of hydrogen-bond donors (Lipinski definition) is 1. The van der Waals surface area contributed by atoms with Gasteiger partial charge in [0.25, 0.3) is 5.91 Å². The predicted molar refractivity (Wildman–Crippen MR) is 104 cm³/mol. The van der Waals surface area contributed by atoms with Gasteiger partial charge in [-0.05, 0) is 61.9 Å². The van der Waals surface area contributed by atoms with Crippen molar-refractivity contribution in [3.63, 3.8) is 0 Å². The summed E-state index contributed by atoms with van der Waals surface area (Å²) in [5, 5.41) is 4.44. The number of carbonyl (C=O) groups excluding carboxylic acids is 1. The zero-order valence-corrected chi connectivity index (χ0v) is 15.4. The Labute approximate surface area is 157 Å². The number of fused-ring (bicyclic) bond motifs is 2. The summed E-state index contributed by atoms with van der Waals surface area (Å²) in [6.45, 7) is 2.47. The van der Waals surface area contributed by atoms with Gasteiger partial charge in [-0.25, -0.2) is 4.98 Å². The third-order valence-corrected chi connectivity index (χ3v) is 5.11. The summed E-state index contributed by atoms with van der Waals surface area (Å²) in [5.41, 5.74) is 5.93. The molecule has 1 aliphatic rings. The summed E-state index contributed by atoms with van der Waals surface area (Å²) in [6, 6.07) is 9.73. The van der Waals surface area contributed by atoms with Crippen molar-refractivity contribution >= 4 is 28.4 Å². The molecule has 26 heavy (non-hydrogen) atoms. The van der Waals surface area contributed by atoms with Gasteiger partial charge in [-0.15, -0.1) is 0 Å². The second-order valence-corrected chi connectivity index (χ2v) is 7.20. The number of rotatable bonds is 3. The lowest BCUT2D eigenvalue weighted by atomic mass is 9.89. The van der Waals surface area contributed by atoms with Crippen molar-refractivity contribution in [3.8, 4) is 0 Å². The quantitative estimate of drug-likeness (QED) is 0.700. The van der Waals surface area contributed by atoms with Crippen LogP contribution in [-0.2, 0) is 19.4 Å². The van der Waals surface area contributed by atoms with E-state index in [1.807, 2.05) is 25.1 Å². The van der Waals surface area contributed by atoms with Gasteiger partial charge in [-0.3, -0.25) is 9.78 Å². The van der Waals surface area contributed by atoms with Gasteiger partial charge >= 0.3 is 0 Å². The van der Waals surface area contributed by atoms with E-state index in [9.17, 15) is 4.79 Å². The van der Waals surface area contributed by atoms with Gasteiger partial charge in [0.1, 0.15) is 5.15 Å². The number of benzene rings is 1. The lowest BCUT2D eigenvalue weighted by Crippen LogP contribution is -2.26.